The van der Waals surface area contributed by atoms with Crippen LogP contribution in [0.5, 0.6) is 0 Å². The van der Waals surface area contributed by atoms with Crippen molar-refractivity contribution < 1.29 is 14.3 Å². The van der Waals surface area contributed by atoms with Crippen LogP contribution >= 0.6 is 0 Å². The average molecular weight is 446 g/mol. The molecule has 5 rings (SSSR count). The van der Waals surface area contributed by atoms with Crippen LogP contribution in [-0.4, -0.2) is 52.7 Å². The lowest BCUT2D eigenvalue weighted by Crippen LogP contribution is -2.47. The van der Waals surface area contributed by atoms with E-state index < -0.39 is 5.79 Å². The van der Waals surface area contributed by atoms with E-state index in [0.717, 1.165) is 22.5 Å². The largest absolute Gasteiger partial charge is 0.347 e. The zero-order chi connectivity index (χ0) is 23.2. The number of aromatic nitrogens is 2. The molecule has 1 spiro atoms. The number of carbonyl (C=O) groups excluding carboxylic acids is 1. The maximum atomic E-state index is 13.7. The summed E-state index contributed by atoms with van der Waals surface area (Å²) in [4.78, 5) is 15.6. The molecule has 0 aliphatic carbocycles. The number of nitrogens with zero attached hydrogens (tertiary/aromatic N) is 3. The molecule has 172 valence electrons. The lowest BCUT2D eigenvalue weighted by Gasteiger charge is -2.37. The van der Waals surface area contributed by atoms with Crippen LogP contribution in [0.1, 0.15) is 45.6 Å². The van der Waals surface area contributed by atoms with E-state index in [9.17, 15) is 4.79 Å². The predicted octanol–water partition coefficient (Wildman–Crippen LogP) is 4.75. The minimum Gasteiger partial charge on any atom is -0.347 e. The van der Waals surface area contributed by atoms with Crippen LogP contribution in [0.15, 0.2) is 42.5 Å². The molecule has 3 aromatic rings. The number of ether oxygens (including phenoxy) is 2. The van der Waals surface area contributed by atoms with Crippen molar-refractivity contribution in [2.75, 3.05) is 26.3 Å². The van der Waals surface area contributed by atoms with Crippen LogP contribution in [0.4, 0.5) is 0 Å². The van der Waals surface area contributed by atoms with Crippen LogP contribution in [0, 0.1) is 27.7 Å². The molecule has 6 nitrogen and oxygen atoms in total. The van der Waals surface area contributed by atoms with Crippen LogP contribution < -0.4 is 0 Å². The van der Waals surface area contributed by atoms with Gasteiger partial charge in [0.25, 0.3) is 5.91 Å². The fourth-order valence-corrected chi connectivity index (χ4v) is 4.80. The second-order valence-electron chi connectivity index (χ2n) is 9.32. The van der Waals surface area contributed by atoms with E-state index in [4.69, 9.17) is 14.6 Å². The standard InChI is InChI=1S/C27H31N3O3/c1-18-5-8-24(21(4)15-18)30-25(17-23(28-30)22-7-6-19(2)20(3)16-22)26(31)29-11-9-27(10-12-29)32-13-14-33-27/h5-8,15-17H,9-14H2,1-4H3. The van der Waals surface area contributed by atoms with Gasteiger partial charge in [0.15, 0.2) is 5.79 Å². The Hall–Kier alpha value is -2.96. The van der Waals surface area contributed by atoms with Gasteiger partial charge in [-0.15, -0.1) is 0 Å². The molecule has 1 amide bonds. The Morgan fingerprint density at radius 1 is 0.879 bits per heavy atom. The summed E-state index contributed by atoms with van der Waals surface area (Å²) in [5.41, 5.74) is 8.04. The SMILES string of the molecule is Cc1ccc(-n2nc(-c3ccc(C)c(C)c3)cc2C(=O)N2CCC3(CC2)OCCO3)c(C)c1. The molecule has 3 heterocycles. The second-order valence-corrected chi connectivity index (χ2v) is 9.32. The highest BCUT2D eigenvalue weighted by atomic mass is 16.7. The molecule has 2 aromatic carbocycles. The van der Waals surface area contributed by atoms with E-state index in [0.29, 0.717) is 44.8 Å². The molecular formula is C27H31N3O3. The third-order valence-corrected chi connectivity index (χ3v) is 6.94. The Bertz CT molecular complexity index is 1200. The van der Waals surface area contributed by atoms with E-state index in [1.54, 1.807) is 0 Å². The lowest BCUT2D eigenvalue weighted by molar-refractivity contribution is -0.181. The Labute approximate surface area is 195 Å². The van der Waals surface area contributed by atoms with Crippen LogP contribution in [0.25, 0.3) is 16.9 Å². The Morgan fingerprint density at radius 3 is 2.27 bits per heavy atom. The Kier molecular flexibility index (Phi) is 5.59. The van der Waals surface area contributed by atoms with Crippen molar-refractivity contribution in [1.82, 2.24) is 14.7 Å². The zero-order valence-electron chi connectivity index (χ0n) is 19.9. The topological polar surface area (TPSA) is 56.6 Å². The number of hydrogen-bond donors (Lipinski definition) is 0. The maximum Gasteiger partial charge on any atom is 0.272 e. The second kappa shape index (κ2) is 8.43. The number of benzene rings is 2. The van der Waals surface area contributed by atoms with Gasteiger partial charge in [-0.2, -0.15) is 5.10 Å². The fourth-order valence-electron chi connectivity index (χ4n) is 4.80. The van der Waals surface area contributed by atoms with Crippen LogP contribution in [0.3, 0.4) is 0 Å². The number of amides is 1. The molecule has 0 bridgehead atoms. The molecule has 0 unspecified atom stereocenters. The minimum absolute atomic E-state index is 0.00888. The van der Waals surface area contributed by atoms with E-state index in [2.05, 4.69) is 58.0 Å². The van der Waals surface area contributed by atoms with Crippen molar-refractivity contribution in [1.29, 1.82) is 0 Å². The molecule has 6 heteroatoms. The maximum absolute atomic E-state index is 13.7. The highest BCUT2D eigenvalue weighted by Crippen LogP contribution is 2.33. The third kappa shape index (κ3) is 4.09. The summed E-state index contributed by atoms with van der Waals surface area (Å²) >= 11 is 0. The molecule has 33 heavy (non-hydrogen) atoms. The van der Waals surface area contributed by atoms with Gasteiger partial charge in [-0.25, -0.2) is 4.68 Å². The summed E-state index contributed by atoms with van der Waals surface area (Å²) in [7, 11) is 0. The van der Waals surface area contributed by atoms with Crippen molar-refractivity contribution in [3.05, 3.63) is 70.4 Å². The van der Waals surface area contributed by atoms with Crippen LogP contribution in [-0.2, 0) is 9.47 Å². The van der Waals surface area contributed by atoms with Crippen molar-refractivity contribution in [3.63, 3.8) is 0 Å². The smallest absolute Gasteiger partial charge is 0.272 e. The van der Waals surface area contributed by atoms with Gasteiger partial charge >= 0.3 is 0 Å². The van der Waals surface area contributed by atoms with Gasteiger partial charge in [-0.05, 0) is 62.6 Å². The number of aryl methyl sites for hydroxylation is 4. The molecule has 2 fully saturated rings. The first kappa shape index (κ1) is 21.9. The molecule has 0 saturated carbocycles. The third-order valence-electron chi connectivity index (χ3n) is 6.94. The first-order valence-corrected chi connectivity index (χ1v) is 11.7. The highest BCUT2D eigenvalue weighted by Gasteiger charge is 2.41. The summed E-state index contributed by atoms with van der Waals surface area (Å²) in [5, 5.41) is 4.92. The zero-order valence-corrected chi connectivity index (χ0v) is 19.9. The number of rotatable bonds is 3. The van der Waals surface area contributed by atoms with Gasteiger partial charge in [-0.3, -0.25) is 4.79 Å². The average Bonchev–Trinajstić information content (AvgIpc) is 3.44. The molecule has 2 aliphatic rings. The highest BCUT2D eigenvalue weighted by molar-refractivity contribution is 5.94. The summed E-state index contributed by atoms with van der Waals surface area (Å²) in [6, 6.07) is 14.5. The first-order chi connectivity index (χ1) is 15.8. The predicted molar refractivity (Wildman–Crippen MR) is 128 cm³/mol. The molecule has 0 radical (unpaired) electrons. The van der Waals surface area contributed by atoms with Gasteiger partial charge < -0.3 is 14.4 Å². The van der Waals surface area contributed by atoms with Crippen molar-refractivity contribution >= 4 is 5.91 Å². The Balaban J connectivity index is 1.52. The first-order valence-electron chi connectivity index (χ1n) is 11.7. The van der Waals surface area contributed by atoms with Gasteiger partial charge in [0, 0.05) is 31.5 Å². The summed E-state index contributed by atoms with van der Waals surface area (Å²) in [6.45, 7) is 10.8. The number of likely N-dealkylation sites (tertiary alicyclic amines) is 1. The molecule has 0 atom stereocenters. The quantitative estimate of drug-likeness (QED) is 0.584. The van der Waals surface area contributed by atoms with Crippen LogP contribution in [0.2, 0.25) is 0 Å². The van der Waals surface area contributed by atoms with Gasteiger partial charge in [0.2, 0.25) is 0 Å². The van der Waals surface area contributed by atoms with Crippen molar-refractivity contribution in [3.8, 4) is 16.9 Å². The Morgan fingerprint density at radius 2 is 1.61 bits per heavy atom. The molecule has 0 N–H and O–H groups in total. The van der Waals surface area contributed by atoms with Gasteiger partial charge in [-0.1, -0.05) is 29.8 Å². The van der Waals surface area contributed by atoms with Crippen molar-refractivity contribution in [2.45, 2.75) is 46.3 Å². The summed E-state index contributed by atoms with van der Waals surface area (Å²) < 4.78 is 13.5. The van der Waals surface area contributed by atoms with E-state index >= 15 is 0 Å². The fraction of sp³-hybridized carbons (Fsp3) is 0.407. The number of hydrogen-bond acceptors (Lipinski definition) is 4. The van der Waals surface area contributed by atoms with Crippen molar-refractivity contribution in [2.24, 2.45) is 0 Å². The minimum atomic E-state index is -0.505. The number of carbonyl (C=O) groups is 1. The molecular weight excluding hydrogens is 414 g/mol. The van der Waals surface area contributed by atoms with E-state index in [1.165, 1.54) is 16.7 Å². The monoisotopic (exact) mass is 445 g/mol. The normalized spacial score (nSPS) is 17.6. The lowest BCUT2D eigenvalue weighted by atomic mass is 10.0. The molecule has 1 aromatic heterocycles. The summed E-state index contributed by atoms with van der Waals surface area (Å²) in [6.07, 6.45) is 1.39. The van der Waals surface area contributed by atoms with E-state index in [-0.39, 0.29) is 5.91 Å². The van der Waals surface area contributed by atoms with Gasteiger partial charge in [0.1, 0.15) is 5.69 Å². The molecule has 2 aliphatic heterocycles. The van der Waals surface area contributed by atoms with E-state index in [1.807, 2.05) is 21.7 Å². The van der Waals surface area contributed by atoms with Gasteiger partial charge in [0.05, 0.1) is 24.6 Å². The summed E-state index contributed by atoms with van der Waals surface area (Å²) in [5.74, 6) is -0.514. The molecule has 2 saturated heterocycles. The number of piperidine rings is 1.